The molecule has 0 radical (unpaired) electrons. The Bertz CT molecular complexity index is 297. The molecule has 14 heavy (non-hydrogen) atoms. The smallest absolute Gasteiger partial charge is 0.123 e. The molecule has 2 rings (SSSR count). The third-order valence-electron chi connectivity index (χ3n) is 2.93. The van der Waals surface area contributed by atoms with Crippen molar-refractivity contribution in [1.29, 1.82) is 0 Å². The normalized spacial score (nSPS) is 19.9. The molecule has 1 aliphatic carbocycles. The van der Waals surface area contributed by atoms with Crippen LogP contribution >= 0.6 is 0 Å². The van der Waals surface area contributed by atoms with E-state index in [-0.39, 0.29) is 5.82 Å². The summed E-state index contributed by atoms with van der Waals surface area (Å²) < 4.78 is 26.6. The van der Waals surface area contributed by atoms with Crippen LogP contribution in [-0.2, 0) is 6.42 Å². The second-order valence-electron chi connectivity index (χ2n) is 4.16. The van der Waals surface area contributed by atoms with E-state index in [0.29, 0.717) is 19.3 Å². The number of hydrogen-bond donors (Lipinski definition) is 0. The third-order valence-corrected chi connectivity index (χ3v) is 2.93. The van der Waals surface area contributed by atoms with Gasteiger partial charge in [-0.2, -0.15) is 0 Å². The van der Waals surface area contributed by atoms with Gasteiger partial charge < -0.3 is 0 Å². The molecule has 1 aromatic rings. The van der Waals surface area contributed by atoms with Crippen molar-refractivity contribution in [2.75, 3.05) is 0 Å². The summed E-state index contributed by atoms with van der Waals surface area (Å²) >= 11 is 0. The monoisotopic (exact) mass is 196 g/mol. The molecule has 76 valence electrons. The van der Waals surface area contributed by atoms with Crippen molar-refractivity contribution in [3.05, 3.63) is 35.6 Å². The summed E-state index contributed by atoms with van der Waals surface area (Å²) in [5.74, 6) is -0.256. The summed E-state index contributed by atoms with van der Waals surface area (Å²) in [6.07, 6.45) is 3.72. The average molecular weight is 196 g/mol. The quantitative estimate of drug-likeness (QED) is 0.677. The van der Waals surface area contributed by atoms with Crippen LogP contribution in [0.25, 0.3) is 0 Å². The molecule has 0 unspecified atom stereocenters. The van der Waals surface area contributed by atoms with Gasteiger partial charge in [0.2, 0.25) is 0 Å². The van der Waals surface area contributed by atoms with Crippen LogP contribution in [0.3, 0.4) is 0 Å². The Kier molecular flexibility index (Phi) is 2.53. The molecular weight excluding hydrogens is 182 g/mol. The van der Waals surface area contributed by atoms with Crippen molar-refractivity contribution in [2.24, 2.45) is 0 Å². The highest BCUT2D eigenvalue weighted by Crippen LogP contribution is 2.36. The van der Waals surface area contributed by atoms with Gasteiger partial charge in [0.25, 0.3) is 0 Å². The van der Waals surface area contributed by atoms with Crippen molar-refractivity contribution in [2.45, 2.75) is 37.8 Å². The summed E-state index contributed by atoms with van der Waals surface area (Å²) in [5, 5.41) is 0. The van der Waals surface area contributed by atoms with Gasteiger partial charge in [-0.3, -0.25) is 0 Å². The minimum atomic E-state index is -1.03. The first kappa shape index (κ1) is 9.63. The predicted molar refractivity (Wildman–Crippen MR) is 52.4 cm³/mol. The van der Waals surface area contributed by atoms with E-state index in [1.165, 1.54) is 12.1 Å². The maximum absolute atomic E-state index is 14.0. The molecule has 0 amide bonds. The van der Waals surface area contributed by atoms with Crippen LogP contribution in [0.1, 0.15) is 31.2 Å². The predicted octanol–water partition coefficient (Wildman–Crippen LogP) is 3.65. The van der Waals surface area contributed by atoms with Crippen LogP contribution < -0.4 is 0 Å². The van der Waals surface area contributed by atoms with E-state index in [4.69, 9.17) is 0 Å². The van der Waals surface area contributed by atoms with Crippen molar-refractivity contribution < 1.29 is 8.78 Å². The molecular formula is C12H14F2. The van der Waals surface area contributed by atoms with Crippen LogP contribution in [0.2, 0.25) is 0 Å². The highest BCUT2D eigenvalue weighted by Gasteiger charge is 2.33. The van der Waals surface area contributed by atoms with Crippen LogP contribution in [0.4, 0.5) is 8.78 Å². The van der Waals surface area contributed by atoms with Gasteiger partial charge in [-0.25, -0.2) is 8.78 Å². The molecule has 0 bridgehead atoms. The van der Waals surface area contributed by atoms with Gasteiger partial charge in [0, 0.05) is 6.42 Å². The fraction of sp³-hybridized carbons (Fsp3) is 0.500. The highest BCUT2D eigenvalue weighted by molar-refractivity contribution is 5.18. The second-order valence-corrected chi connectivity index (χ2v) is 4.16. The van der Waals surface area contributed by atoms with Gasteiger partial charge in [0.15, 0.2) is 0 Å². The van der Waals surface area contributed by atoms with Gasteiger partial charge in [-0.15, -0.1) is 0 Å². The largest absolute Gasteiger partial charge is 0.244 e. The lowest BCUT2D eigenvalue weighted by Gasteiger charge is -2.18. The van der Waals surface area contributed by atoms with Crippen molar-refractivity contribution in [3.8, 4) is 0 Å². The lowest BCUT2D eigenvalue weighted by Crippen LogP contribution is -2.20. The maximum atomic E-state index is 14.0. The fourth-order valence-corrected chi connectivity index (χ4v) is 2.15. The Morgan fingerprint density at radius 2 is 1.64 bits per heavy atom. The van der Waals surface area contributed by atoms with Gasteiger partial charge in [-0.1, -0.05) is 25.0 Å². The van der Waals surface area contributed by atoms with E-state index in [9.17, 15) is 8.78 Å². The van der Waals surface area contributed by atoms with Crippen molar-refractivity contribution in [3.63, 3.8) is 0 Å². The van der Waals surface area contributed by atoms with E-state index < -0.39 is 5.67 Å². The summed E-state index contributed by atoms with van der Waals surface area (Å²) in [4.78, 5) is 0. The Morgan fingerprint density at radius 1 is 1.07 bits per heavy atom. The zero-order valence-electron chi connectivity index (χ0n) is 8.10. The molecule has 0 aromatic heterocycles. The third kappa shape index (κ3) is 2.11. The fourth-order valence-electron chi connectivity index (χ4n) is 2.15. The lowest BCUT2D eigenvalue weighted by molar-refractivity contribution is 0.173. The SMILES string of the molecule is Fc1ccc(CC2(F)CCCC2)cc1. The van der Waals surface area contributed by atoms with Gasteiger partial charge >= 0.3 is 0 Å². The maximum Gasteiger partial charge on any atom is 0.123 e. The first-order valence-corrected chi connectivity index (χ1v) is 5.11. The van der Waals surface area contributed by atoms with E-state index in [1.54, 1.807) is 12.1 Å². The van der Waals surface area contributed by atoms with Crippen molar-refractivity contribution >= 4 is 0 Å². The number of halogens is 2. The molecule has 0 spiro atoms. The van der Waals surface area contributed by atoms with E-state index >= 15 is 0 Å². The number of rotatable bonds is 2. The van der Waals surface area contributed by atoms with Gasteiger partial charge in [0.05, 0.1) is 0 Å². The molecule has 0 saturated heterocycles. The second kappa shape index (κ2) is 3.68. The molecule has 1 aromatic carbocycles. The van der Waals surface area contributed by atoms with E-state index in [2.05, 4.69) is 0 Å². The first-order valence-electron chi connectivity index (χ1n) is 5.11. The zero-order valence-corrected chi connectivity index (χ0v) is 8.10. The lowest BCUT2D eigenvalue weighted by atomic mass is 9.95. The van der Waals surface area contributed by atoms with Crippen molar-refractivity contribution in [1.82, 2.24) is 0 Å². The summed E-state index contributed by atoms with van der Waals surface area (Å²) in [7, 11) is 0. The number of alkyl halides is 1. The highest BCUT2D eigenvalue weighted by atomic mass is 19.1. The standard InChI is InChI=1S/C12H14F2/c13-11-5-3-10(4-6-11)9-12(14)7-1-2-8-12/h3-6H,1-2,7-9H2. The van der Waals surface area contributed by atoms with E-state index in [0.717, 1.165) is 18.4 Å². The van der Waals surface area contributed by atoms with Crippen LogP contribution in [0.5, 0.6) is 0 Å². The molecule has 1 saturated carbocycles. The van der Waals surface area contributed by atoms with Gasteiger partial charge in [-0.05, 0) is 30.5 Å². The molecule has 0 heterocycles. The van der Waals surface area contributed by atoms with Crippen LogP contribution in [0.15, 0.2) is 24.3 Å². The van der Waals surface area contributed by atoms with Crippen LogP contribution in [0, 0.1) is 5.82 Å². The number of hydrogen-bond acceptors (Lipinski definition) is 0. The molecule has 0 N–H and O–H groups in total. The van der Waals surface area contributed by atoms with E-state index in [1.807, 2.05) is 0 Å². The molecule has 2 heteroatoms. The Balaban J connectivity index is 2.06. The summed E-state index contributed by atoms with van der Waals surface area (Å²) in [6.45, 7) is 0. The summed E-state index contributed by atoms with van der Waals surface area (Å²) in [5.41, 5.74) is -0.131. The molecule has 1 aliphatic rings. The molecule has 0 nitrogen and oxygen atoms in total. The Hall–Kier alpha value is -0.920. The minimum Gasteiger partial charge on any atom is -0.244 e. The van der Waals surface area contributed by atoms with Gasteiger partial charge in [0.1, 0.15) is 11.5 Å². The average Bonchev–Trinajstić information content (AvgIpc) is 2.57. The Labute approximate surface area is 82.9 Å². The number of benzene rings is 1. The zero-order chi connectivity index (χ0) is 10.0. The molecule has 0 atom stereocenters. The van der Waals surface area contributed by atoms with Crippen LogP contribution in [-0.4, -0.2) is 5.67 Å². The molecule has 0 aliphatic heterocycles. The Morgan fingerprint density at radius 3 is 2.21 bits per heavy atom. The topological polar surface area (TPSA) is 0 Å². The minimum absolute atomic E-state index is 0.256. The first-order chi connectivity index (χ1) is 6.68. The molecule has 1 fully saturated rings. The summed E-state index contributed by atoms with van der Waals surface area (Å²) in [6, 6.07) is 6.14.